The van der Waals surface area contributed by atoms with Crippen LogP contribution in [0.1, 0.15) is 17.5 Å². The highest BCUT2D eigenvalue weighted by Crippen LogP contribution is 2.32. The Morgan fingerprint density at radius 3 is 2.93 bits per heavy atom. The van der Waals surface area contributed by atoms with Gasteiger partial charge in [0.05, 0.1) is 16.1 Å². The molecule has 0 saturated carbocycles. The summed E-state index contributed by atoms with van der Waals surface area (Å²) in [6.45, 7) is 4.40. The van der Waals surface area contributed by atoms with Crippen LogP contribution in [0.3, 0.4) is 0 Å². The maximum Gasteiger partial charge on any atom is 0.231 e. The molecule has 1 N–H and O–H groups in total. The number of aromatic nitrogens is 1. The van der Waals surface area contributed by atoms with Gasteiger partial charge in [-0.05, 0) is 49.2 Å². The van der Waals surface area contributed by atoms with E-state index >= 15 is 0 Å². The number of aryl methyl sites for hydroxylation is 1. The number of nitrogens with one attached hydrogen (secondary N) is 1. The minimum absolute atomic E-state index is 0.0278. The van der Waals surface area contributed by atoms with Gasteiger partial charge in [0.15, 0.2) is 5.13 Å². The van der Waals surface area contributed by atoms with E-state index < -0.39 is 5.92 Å². The molecule has 138 valence electrons. The van der Waals surface area contributed by atoms with Crippen molar-refractivity contribution in [1.82, 2.24) is 4.98 Å². The van der Waals surface area contributed by atoms with Gasteiger partial charge in [0, 0.05) is 23.7 Å². The van der Waals surface area contributed by atoms with Crippen LogP contribution in [0.4, 0.5) is 10.8 Å². The molecule has 0 unspecified atom stereocenters. The second-order valence-electron chi connectivity index (χ2n) is 6.74. The van der Waals surface area contributed by atoms with E-state index in [4.69, 9.17) is 11.6 Å². The summed E-state index contributed by atoms with van der Waals surface area (Å²) < 4.78 is 0.914. The number of rotatable bonds is 3. The molecular formula is C20H18ClN3O2S. The number of fused-ring (bicyclic) bond motifs is 1. The lowest BCUT2D eigenvalue weighted by Gasteiger charge is -2.20. The van der Waals surface area contributed by atoms with E-state index in [1.54, 1.807) is 11.0 Å². The van der Waals surface area contributed by atoms with Crippen molar-refractivity contribution in [2.45, 2.75) is 20.3 Å². The smallest absolute Gasteiger partial charge is 0.231 e. The Bertz CT molecular complexity index is 1060. The fourth-order valence-electron chi connectivity index (χ4n) is 3.30. The molecule has 1 saturated heterocycles. The van der Waals surface area contributed by atoms with Gasteiger partial charge in [-0.3, -0.25) is 9.59 Å². The Morgan fingerprint density at radius 1 is 1.30 bits per heavy atom. The largest absolute Gasteiger partial charge is 0.311 e. The molecule has 0 bridgehead atoms. The highest BCUT2D eigenvalue weighted by molar-refractivity contribution is 7.22. The number of anilines is 2. The summed E-state index contributed by atoms with van der Waals surface area (Å²) in [5.74, 6) is -0.603. The predicted molar refractivity (Wildman–Crippen MR) is 110 cm³/mol. The van der Waals surface area contributed by atoms with Crippen molar-refractivity contribution in [3.63, 3.8) is 0 Å². The van der Waals surface area contributed by atoms with Crippen LogP contribution in [0.15, 0.2) is 36.4 Å². The SMILES string of the molecule is Cc1cccc(N2C[C@H](C(=O)Nc3nc4ccc(Cl)cc4s3)CC2=O)c1C. The fourth-order valence-corrected chi connectivity index (χ4v) is 4.45. The second kappa shape index (κ2) is 6.94. The molecule has 27 heavy (non-hydrogen) atoms. The molecule has 1 atom stereocenters. The molecule has 0 aliphatic carbocycles. The highest BCUT2D eigenvalue weighted by Gasteiger charge is 2.36. The number of amides is 2. The normalized spacial score (nSPS) is 16.9. The van der Waals surface area contributed by atoms with Crippen LogP contribution in [0.5, 0.6) is 0 Å². The zero-order chi connectivity index (χ0) is 19.1. The summed E-state index contributed by atoms with van der Waals surface area (Å²) in [5.41, 5.74) is 3.86. The summed E-state index contributed by atoms with van der Waals surface area (Å²) in [4.78, 5) is 31.3. The van der Waals surface area contributed by atoms with Gasteiger partial charge in [0.2, 0.25) is 11.8 Å². The van der Waals surface area contributed by atoms with Gasteiger partial charge in [-0.2, -0.15) is 0 Å². The molecule has 2 aromatic carbocycles. The number of benzene rings is 2. The van der Waals surface area contributed by atoms with E-state index in [1.807, 2.05) is 44.2 Å². The zero-order valence-corrected chi connectivity index (χ0v) is 16.5. The van der Waals surface area contributed by atoms with Gasteiger partial charge in [-0.1, -0.05) is 35.1 Å². The molecule has 2 amide bonds. The highest BCUT2D eigenvalue weighted by atomic mass is 35.5. The number of halogens is 1. The third-order valence-corrected chi connectivity index (χ3v) is 6.11. The first kappa shape index (κ1) is 17.9. The Kier molecular flexibility index (Phi) is 4.61. The Hall–Kier alpha value is -2.44. The van der Waals surface area contributed by atoms with Crippen LogP contribution < -0.4 is 10.2 Å². The molecule has 5 nitrogen and oxygen atoms in total. The van der Waals surface area contributed by atoms with Gasteiger partial charge in [-0.15, -0.1) is 0 Å². The van der Waals surface area contributed by atoms with Crippen molar-refractivity contribution in [1.29, 1.82) is 0 Å². The van der Waals surface area contributed by atoms with Crippen LogP contribution in [0.25, 0.3) is 10.2 Å². The Morgan fingerprint density at radius 2 is 2.11 bits per heavy atom. The first-order chi connectivity index (χ1) is 12.9. The van der Waals surface area contributed by atoms with E-state index in [0.29, 0.717) is 16.7 Å². The van der Waals surface area contributed by atoms with Crippen LogP contribution in [0.2, 0.25) is 5.02 Å². The zero-order valence-electron chi connectivity index (χ0n) is 15.0. The molecule has 3 aromatic rings. The van der Waals surface area contributed by atoms with Crippen molar-refractivity contribution in [3.8, 4) is 0 Å². The summed E-state index contributed by atoms with van der Waals surface area (Å²) in [7, 11) is 0. The summed E-state index contributed by atoms with van der Waals surface area (Å²) in [6.07, 6.45) is 0.204. The standard InChI is InChI=1S/C20H18ClN3O2S/c1-11-4-3-5-16(12(11)2)24-10-13(8-18(24)25)19(26)23-20-22-15-7-6-14(21)9-17(15)27-20/h3-7,9,13H,8,10H2,1-2H3,(H,22,23,26)/t13-/m1/s1. The van der Waals surface area contributed by atoms with E-state index in [2.05, 4.69) is 10.3 Å². The topological polar surface area (TPSA) is 62.3 Å². The van der Waals surface area contributed by atoms with E-state index in [-0.39, 0.29) is 18.2 Å². The lowest BCUT2D eigenvalue weighted by molar-refractivity contribution is -0.122. The fraction of sp³-hybridized carbons (Fsp3) is 0.250. The van der Waals surface area contributed by atoms with Gasteiger partial charge >= 0.3 is 0 Å². The third kappa shape index (κ3) is 3.42. The van der Waals surface area contributed by atoms with Gasteiger partial charge in [0.1, 0.15) is 0 Å². The van der Waals surface area contributed by atoms with E-state index in [1.165, 1.54) is 11.3 Å². The van der Waals surface area contributed by atoms with Crippen molar-refractivity contribution in [3.05, 3.63) is 52.5 Å². The van der Waals surface area contributed by atoms with Crippen LogP contribution in [-0.2, 0) is 9.59 Å². The quantitative estimate of drug-likeness (QED) is 0.702. The molecule has 1 aliphatic rings. The molecule has 1 aliphatic heterocycles. The number of nitrogens with zero attached hydrogens (tertiary/aromatic N) is 2. The monoisotopic (exact) mass is 399 g/mol. The van der Waals surface area contributed by atoms with Gasteiger partial charge < -0.3 is 10.2 Å². The number of carbonyl (C=O) groups excluding carboxylic acids is 2. The number of thiazole rings is 1. The van der Waals surface area contributed by atoms with Crippen molar-refractivity contribution in [2.75, 3.05) is 16.8 Å². The van der Waals surface area contributed by atoms with Gasteiger partial charge in [-0.25, -0.2) is 4.98 Å². The molecule has 1 fully saturated rings. The minimum atomic E-state index is -0.395. The van der Waals surface area contributed by atoms with E-state index in [0.717, 1.165) is 27.0 Å². The lowest BCUT2D eigenvalue weighted by atomic mass is 10.1. The van der Waals surface area contributed by atoms with Gasteiger partial charge in [0.25, 0.3) is 0 Å². The first-order valence-corrected chi connectivity index (χ1v) is 9.85. The lowest BCUT2D eigenvalue weighted by Crippen LogP contribution is -2.28. The average Bonchev–Trinajstić information content (AvgIpc) is 3.20. The minimum Gasteiger partial charge on any atom is -0.311 e. The van der Waals surface area contributed by atoms with E-state index in [9.17, 15) is 9.59 Å². The summed E-state index contributed by atoms with van der Waals surface area (Å²) in [6, 6.07) is 11.3. The first-order valence-electron chi connectivity index (χ1n) is 8.66. The third-order valence-electron chi connectivity index (χ3n) is 4.94. The Labute approximate surface area is 166 Å². The summed E-state index contributed by atoms with van der Waals surface area (Å²) >= 11 is 7.37. The number of hydrogen-bond acceptors (Lipinski definition) is 4. The molecular weight excluding hydrogens is 382 g/mol. The molecule has 7 heteroatoms. The molecule has 0 spiro atoms. The van der Waals surface area contributed by atoms with Crippen molar-refractivity contribution in [2.24, 2.45) is 5.92 Å². The maximum absolute atomic E-state index is 12.7. The Balaban J connectivity index is 1.51. The number of hydrogen-bond donors (Lipinski definition) is 1. The molecule has 4 rings (SSSR count). The average molecular weight is 400 g/mol. The molecule has 0 radical (unpaired) electrons. The number of carbonyl (C=O) groups is 2. The second-order valence-corrected chi connectivity index (χ2v) is 8.21. The maximum atomic E-state index is 12.7. The van der Waals surface area contributed by atoms with Crippen LogP contribution >= 0.6 is 22.9 Å². The summed E-state index contributed by atoms with van der Waals surface area (Å²) in [5, 5.41) is 4.01. The molecule has 2 heterocycles. The van der Waals surface area contributed by atoms with Crippen molar-refractivity contribution < 1.29 is 9.59 Å². The predicted octanol–water partition coefficient (Wildman–Crippen LogP) is 4.56. The molecule has 1 aromatic heterocycles. The van der Waals surface area contributed by atoms with Crippen LogP contribution in [-0.4, -0.2) is 23.3 Å². The van der Waals surface area contributed by atoms with Crippen LogP contribution in [0, 0.1) is 19.8 Å². The van der Waals surface area contributed by atoms with Crippen molar-refractivity contribution >= 4 is 55.8 Å².